The Morgan fingerprint density at radius 1 is 1.24 bits per heavy atom. The average molecular weight is 235 g/mol. The van der Waals surface area contributed by atoms with Crippen LogP contribution in [-0.4, -0.2) is 37.1 Å². The van der Waals surface area contributed by atoms with Crippen molar-refractivity contribution in [1.29, 1.82) is 0 Å². The Morgan fingerprint density at radius 3 is 2.29 bits per heavy atom. The van der Waals surface area contributed by atoms with Gasteiger partial charge >= 0.3 is 5.97 Å². The molecule has 0 spiro atoms. The van der Waals surface area contributed by atoms with E-state index in [1.54, 1.807) is 0 Å². The minimum atomic E-state index is -0.183. The Labute approximate surface area is 103 Å². The maximum atomic E-state index is 11.8. The van der Waals surface area contributed by atoms with Gasteiger partial charge in [-0.25, -0.2) is 0 Å². The number of benzene rings is 1. The molecule has 0 fully saturated rings. The molecule has 1 atom stereocenters. The van der Waals surface area contributed by atoms with Gasteiger partial charge in [0, 0.05) is 0 Å². The number of nitrogens with zero attached hydrogens (tertiary/aromatic N) is 1. The number of hydrogen-bond donors (Lipinski definition) is 0. The topological polar surface area (TPSA) is 29.5 Å². The van der Waals surface area contributed by atoms with Gasteiger partial charge in [0.05, 0.1) is 7.11 Å². The molecule has 0 aliphatic carbocycles. The maximum absolute atomic E-state index is 11.8. The van der Waals surface area contributed by atoms with E-state index < -0.39 is 0 Å². The predicted octanol–water partition coefficient (Wildman–Crippen LogP) is 2.11. The predicted molar refractivity (Wildman–Crippen MR) is 68.9 cm³/mol. The van der Waals surface area contributed by atoms with Crippen molar-refractivity contribution in [3.63, 3.8) is 0 Å². The zero-order chi connectivity index (χ0) is 12.7. The molecule has 94 valence electrons. The van der Waals surface area contributed by atoms with Crippen LogP contribution in [0, 0.1) is 0 Å². The van der Waals surface area contributed by atoms with E-state index in [1.807, 2.05) is 30.3 Å². The molecule has 1 rings (SSSR count). The summed E-state index contributed by atoms with van der Waals surface area (Å²) in [5.41, 5.74) is 1.16. The van der Waals surface area contributed by atoms with Gasteiger partial charge in [0.2, 0.25) is 0 Å². The summed E-state index contributed by atoms with van der Waals surface area (Å²) >= 11 is 0. The molecule has 0 unspecified atom stereocenters. The molecule has 0 saturated carbocycles. The Kier molecular flexibility index (Phi) is 5.70. The van der Waals surface area contributed by atoms with Crippen molar-refractivity contribution in [2.75, 3.05) is 20.2 Å². The van der Waals surface area contributed by atoms with Crippen molar-refractivity contribution in [3.8, 4) is 0 Å². The zero-order valence-electron chi connectivity index (χ0n) is 10.8. The van der Waals surface area contributed by atoms with Crippen molar-refractivity contribution >= 4 is 5.97 Å². The SMILES string of the molecule is CCN(CC)[C@@H](Cc1ccccc1)C(=O)OC. The highest BCUT2D eigenvalue weighted by Gasteiger charge is 2.24. The molecule has 3 heteroatoms. The van der Waals surface area contributed by atoms with Crippen LogP contribution in [0.25, 0.3) is 0 Å². The van der Waals surface area contributed by atoms with Crippen molar-refractivity contribution < 1.29 is 9.53 Å². The van der Waals surface area contributed by atoms with Crippen molar-refractivity contribution in [2.45, 2.75) is 26.3 Å². The molecule has 0 aliphatic heterocycles. The highest BCUT2D eigenvalue weighted by molar-refractivity contribution is 5.76. The van der Waals surface area contributed by atoms with Crippen molar-refractivity contribution in [1.82, 2.24) is 4.90 Å². The molecule has 3 nitrogen and oxygen atoms in total. The quantitative estimate of drug-likeness (QED) is 0.707. The summed E-state index contributed by atoms with van der Waals surface area (Å²) in [6, 6.07) is 9.86. The first-order valence-electron chi connectivity index (χ1n) is 6.08. The van der Waals surface area contributed by atoms with Crippen molar-refractivity contribution in [2.24, 2.45) is 0 Å². The van der Waals surface area contributed by atoms with Gasteiger partial charge in [0.1, 0.15) is 6.04 Å². The Bertz CT molecular complexity index is 333. The first kappa shape index (κ1) is 13.7. The summed E-state index contributed by atoms with van der Waals surface area (Å²) in [6.45, 7) is 5.82. The molecule has 1 aromatic carbocycles. The van der Waals surface area contributed by atoms with Gasteiger partial charge in [0.15, 0.2) is 0 Å². The molecule has 0 amide bonds. The van der Waals surface area contributed by atoms with Gasteiger partial charge in [-0.1, -0.05) is 44.2 Å². The molecular formula is C14H21NO2. The Balaban J connectivity index is 2.80. The second kappa shape index (κ2) is 7.07. The third-order valence-electron chi connectivity index (χ3n) is 3.00. The number of carbonyl (C=O) groups excluding carboxylic acids is 1. The smallest absolute Gasteiger partial charge is 0.323 e. The van der Waals surface area contributed by atoms with Crippen molar-refractivity contribution in [3.05, 3.63) is 35.9 Å². The van der Waals surface area contributed by atoms with E-state index >= 15 is 0 Å². The van der Waals surface area contributed by atoms with Crippen LogP contribution in [0.1, 0.15) is 19.4 Å². The molecular weight excluding hydrogens is 214 g/mol. The number of rotatable bonds is 6. The van der Waals surface area contributed by atoms with Crippen LogP contribution in [0.2, 0.25) is 0 Å². The lowest BCUT2D eigenvalue weighted by Crippen LogP contribution is -2.43. The van der Waals surface area contributed by atoms with Crippen LogP contribution < -0.4 is 0 Å². The molecule has 0 radical (unpaired) electrons. The highest BCUT2D eigenvalue weighted by Crippen LogP contribution is 2.10. The van der Waals surface area contributed by atoms with E-state index in [2.05, 4.69) is 18.7 Å². The molecule has 0 heterocycles. The lowest BCUT2D eigenvalue weighted by molar-refractivity contribution is -0.146. The minimum absolute atomic E-state index is 0.155. The van der Waals surface area contributed by atoms with E-state index in [9.17, 15) is 4.79 Å². The van der Waals surface area contributed by atoms with Gasteiger partial charge in [-0.15, -0.1) is 0 Å². The number of ether oxygens (including phenoxy) is 1. The third-order valence-corrected chi connectivity index (χ3v) is 3.00. The van der Waals surface area contributed by atoms with Gasteiger partial charge < -0.3 is 4.74 Å². The largest absolute Gasteiger partial charge is 0.468 e. The van der Waals surface area contributed by atoms with Gasteiger partial charge in [0.25, 0.3) is 0 Å². The lowest BCUT2D eigenvalue weighted by Gasteiger charge is -2.27. The van der Waals surface area contributed by atoms with E-state index in [0.29, 0.717) is 6.42 Å². The van der Waals surface area contributed by atoms with Crippen LogP contribution in [0.5, 0.6) is 0 Å². The summed E-state index contributed by atoms with van der Waals surface area (Å²) in [5, 5.41) is 0. The second-order valence-electron chi connectivity index (χ2n) is 3.95. The first-order chi connectivity index (χ1) is 8.22. The fourth-order valence-electron chi connectivity index (χ4n) is 2.00. The van der Waals surface area contributed by atoms with E-state index in [1.165, 1.54) is 7.11 Å². The molecule has 0 bridgehead atoms. The summed E-state index contributed by atoms with van der Waals surface area (Å²) in [5.74, 6) is -0.155. The van der Waals surface area contributed by atoms with E-state index in [-0.39, 0.29) is 12.0 Å². The molecule has 0 N–H and O–H groups in total. The fourth-order valence-corrected chi connectivity index (χ4v) is 2.00. The summed E-state index contributed by atoms with van der Waals surface area (Å²) in [7, 11) is 1.45. The van der Waals surface area contributed by atoms with Gasteiger partial charge in [-0.05, 0) is 25.1 Å². The standard InChI is InChI=1S/C14H21NO2/c1-4-15(5-2)13(14(16)17-3)11-12-9-7-6-8-10-12/h6-10,13H,4-5,11H2,1-3H3/t13-/m0/s1. The lowest BCUT2D eigenvalue weighted by atomic mass is 10.0. The number of hydrogen-bond acceptors (Lipinski definition) is 3. The molecule has 1 aromatic rings. The van der Waals surface area contributed by atoms with E-state index in [0.717, 1.165) is 18.7 Å². The molecule has 0 aliphatic rings. The van der Waals surface area contributed by atoms with Crippen LogP contribution in [0.3, 0.4) is 0 Å². The molecule has 17 heavy (non-hydrogen) atoms. The van der Waals surface area contributed by atoms with Crippen LogP contribution in [0.15, 0.2) is 30.3 Å². The maximum Gasteiger partial charge on any atom is 0.323 e. The summed E-state index contributed by atoms with van der Waals surface area (Å²) in [4.78, 5) is 13.9. The van der Waals surface area contributed by atoms with Crippen LogP contribution in [-0.2, 0) is 16.0 Å². The highest BCUT2D eigenvalue weighted by atomic mass is 16.5. The molecule has 0 saturated heterocycles. The fraction of sp³-hybridized carbons (Fsp3) is 0.500. The van der Waals surface area contributed by atoms with Gasteiger partial charge in [-0.2, -0.15) is 0 Å². The summed E-state index contributed by atoms with van der Waals surface area (Å²) < 4.78 is 4.89. The van der Waals surface area contributed by atoms with E-state index in [4.69, 9.17) is 4.74 Å². The average Bonchev–Trinajstić information content (AvgIpc) is 2.39. The number of likely N-dealkylation sites (N-methyl/N-ethyl adjacent to an activating group) is 1. The van der Waals surface area contributed by atoms with Crippen LogP contribution >= 0.6 is 0 Å². The number of esters is 1. The second-order valence-corrected chi connectivity index (χ2v) is 3.95. The first-order valence-corrected chi connectivity index (χ1v) is 6.08. The van der Waals surface area contributed by atoms with Gasteiger partial charge in [-0.3, -0.25) is 9.69 Å². The number of carbonyl (C=O) groups is 1. The Morgan fingerprint density at radius 2 is 1.82 bits per heavy atom. The summed E-state index contributed by atoms with van der Waals surface area (Å²) in [6.07, 6.45) is 0.704. The normalized spacial score (nSPS) is 12.5. The minimum Gasteiger partial charge on any atom is -0.468 e. The number of methoxy groups -OCH3 is 1. The third kappa shape index (κ3) is 3.86. The monoisotopic (exact) mass is 235 g/mol. The Hall–Kier alpha value is -1.35. The van der Waals surface area contributed by atoms with Crippen LogP contribution in [0.4, 0.5) is 0 Å². The zero-order valence-corrected chi connectivity index (χ0v) is 10.8. The molecule has 0 aromatic heterocycles.